The van der Waals surface area contributed by atoms with Crippen LogP contribution in [0.3, 0.4) is 0 Å². The van der Waals surface area contributed by atoms with E-state index in [1.54, 1.807) is 0 Å². The van der Waals surface area contributed by atoms with Crippen LogP contribution in [-0.2, 0) is 0 Å². The first-order chi connectivity index (χ1) is 5.40. The Balaban J connectivity index is 2.67. The van der Waals surface area contributed by atoms with Gasteiger partial charge in [0.25, 0.3) is 0 Å². The molecule has 1 aromatic heterocycles. The van der Waals surface area contributed by atoms with E-state index in [0.29, 0.717) is 5.58 Å². The zero-order valence-electron chi connectivity index (χ0n) is 6.03. The summed E-state index contributed by atoms with van der Waals surface area (Å²) in [5.41, 5.74) is 2.49. The Morgan fingerprint density at radius 1 is 1.45 bits per heavy atom. The lowest BCUT2D eigenvalue weighted by Crippen LogP contribution is -1.85. The molecule has 0 aliphatic rings. The van der Waals surface area contributed by atoms with Crippen molar-refractivity contribution < 1.29 is 4.52 Å². The van der Waals surface area contributed by atoms with Gasteiger partial charge in [-0.1, -0.05) is 0 Å². The van der Waals surface area contributed by atoms with E-state index in [0.717, 1.165) is 11.2 Å². The predicted octanol–water partition coefficient (Wildman–Crippen LogP) is 1.26. The molecule has 0 aliphatic carbocycles. The summed E-state index contributed by atoms with van der Waals surface area (Å²) in [5.74, 6) is 0. The van der Waals surface area contributed by atoms with Gasteiger partial charge >= 0.3 is 0 Å². The average Bonchev–Trinajstić information content (AvgIpc) is 2.50. The molecule has 0 unspecified atom stereocenters. The number of nitrogens with one attached hydrogen (secondary N) is 1. The van der Waals surface area contributed by atoms with E-state index in [1.807, 2.05) is 25.2 Å². The van der Waals surface area contributed by atoms with Gasteiger partial charge < -0.3 is 9.84 Å². The van der Waals surface area contributed by atoms with Crippen LogP contribution < -0.4 is 5.32 Å². The van der Waals surface area contributed by atoms with Crippen LogP contribution in [0.4, 0.5) is 5.69 Å². The Morgan fingerprint density at radius 3 is 3.18 bits per heavy atom. The number of anilines is 1. The second-order valence-corrected chi connectivity index (χ2v) is 2.21. The smallest absolute Gasteiger partial charge is 0.187 e. The van der Waals surface area contributed by atoms with Crippen molar-refractivity contribution in [3.63, 3.8) is 0 Å². The van der Waals surface area contributed by atoms with Gasteiger partial charge in [0, 0.05) is 18.0 Å². The van der Waals surface area contributed by atoms with Crippen molar-refractivity contribution in [1.82, 2.24) is 10.4 Å². The average molecular weight is 149 g/mol. The van der Waals surface area contributed by atoms with E-state index in [9.17, 15) is 0 Å². The van der Waals surface area contributed by atoms with E-state index in [4.69, 9.17) is 4.52 Å². The molecule has 4 heteroatoms. The summed E-state index contributed by atoms with van der Waals surface area (Å²) < 4.78 is 4.83. The van der Waals surface area contributed by atoms with Crippen molar-refractivity contribution in [2.75, 3.05) is 12.4 Å². The molecule has 0 aliphatic heterocycles. The number of aromatic nitrogens is 2. The largest absolute Gasteiger partial charge is 0.388 e. The molecule has 0 atom stereocenters. The normalized spacial score (nSPS) is 10.3. The quantitative estimate of drug-likeness (QED) is 0.663. The van der Waals surface area contributed by atoms with Gasteiger partial charge in [0.15, 0.2) is 5.58 Å². The molecule has 0 radical (unpaired) electrons. The Hall–Kier alpha value is -1.58. The number of hydrogen-bond donors (Lipinski definition) is 1. The van der Waals surface area contributed by atoms with Crippen molar-refractivity contribution in [3.05, 3.63) is 18.2 Å². The third kappa shape index (κ3) is 0.920. The molecule has 56 valence electrons. The Labute approximate surface area is 63.2 Å². The fourth-order valence-electron chi connectivity index (χ4n) is 0.937. The first kappa shape index (κ1) is 6.15. The molecule has 1 heterocycles. The van der Waals surface area contributed by atoms with Crippen molar-refractivity contribution >= 4 is 16.8 Å². The molecule has 4 nitrogen and oxygen atoms in total. The highest BCUT2D eigenvalue weighted by atomic mass is 16.5. The molecular formula is C7H7N3O. The molecule has 0 amide bonds. The molecule has 0 saturated carbocycles. The Kier molecular flexibility index (Phi) is 1.25. The van der Waals surface area contributed by atoms with Gasteiger partial charge in [0.05, 0.1) is 0 Å². The number of fused-ring (bicyclic) bond motifs is 1. The Morgan fingerprint density at radius 2 is 2.36 bits per heavy atom. The van der Waals surface area contributed by atoms with Crippen LogP contribution in [0.25, 0.3) is 11.1 Å². The van der Waals surface area contributed by atoms with Gasteiger partial charge in [-0.3, -0.25) is 0 Å². The summed E-state index contributed by atoms with van der Waals surface area (Å²) in [4.78, 5) is 0. The van der Waals surface area contributed by atoms with Crippen LogP contribution in [0.5, 0.6) is 0 Å². The monoisotopic (exact) mass is 149 g/mol. The van der Waals surface area contributed by atoms with Crippen molar-refractivity contribution in [1.29, 1.82) is 0 Å². The summed E-state index contributed by atoms with van der Waals surface area (Å²) in [5, 5.41) is 10.2. The molecule has 1 aromatic carbocycles. The highest BCUT2D eigenvalue weighted by Gasteiger charge is 1.98. The minimum absolute atomic E-state index is 0.712. The summed E-state index contributed by atoms with van der Waals surface area (Å²) in [6, 6.07) is 5.63. The van der Waals surface area contributed by atoms with Gasteiger partial charge in [0.2, 0.25) is 0 Å². The molecule has 11 heavy (non-hydrogen) atoms. The van der Waals surface area contributed by atoms with Gasteiger partial charge in [-0.25, -0.2) is 0 Å². The van der Waals surface area contributed by atoms with Gasteiger partial charge in [-0.2, -0.15) is 0 Å². The van der Waals surface area contributed by atoms with Crippen LogP contribution in [-0.4, -0.2) is 17.4 Å². The van der Waals surface area contributed by atoms with Crippen LogP contribution in [0.1, 0.15) is 0 Å². The molecule has 0 saturated heterocycles. The molecular weight excluding hydrogens is 142 g/mol. The zero-order chi connectivity index (χ0) is 7.68. The van der Waals surface area contributed by atoms with E-state index < -0.39 is 0 Å². The fourth-order valence-corrected chi connectivity index (χ4v) is 0.937. The van der Waals surface area contributed by atoms with E-state index in [1.165, 1.54) is 0 Å². The van der Waals surface area contributed by atoms with Crippen LogP contribution in [0.15, 0.2) is 22.7 Å². The SMILES string of the molecule is CNc1ccc2onnc2c1. The van der Waals surface area contributed by atoms with Gasteiger partial charge in [-0.05, 0) is 18.2 Å². The lowest BCUT2D eigenvalue weighted by Gasteiger charge is -1.95. The van der Waals surface area contributed by atoms with Crippen molar-refractivity contribution in [2.24, 2.45) is 0 Å². The third-order valence-corrected chi connectivity index (χ3v) is 1.54. The molecule has 0 spiro atoms. The third-order valence-electron chi connectivity index (χ3n) is 1.54. The Bertz CT molecular complexity index is 368. The minimum atomic E-state index is 0.712. The number of rotatable bonds is 1. The lowest BCUT2D eigenvalue weighted by molar-refractivity contribution is 0.424. The van der Waals surface area contributed by atoms with Gasteiger partial charge in [0.1, 0.15) is 5.52 Å². The highest BCUT2D eigenvalue weighted by Crippen LogP contribution is 2.15. The van der Waals surface area contributed by atoms with Crippen molar-refractivity contribution in [3.8, 4) is 0 Å². The lowest BCUT2D eigenvalue weighted by atomic mass is 10.3. The zero-order valence-corrected chi connectivity index (χ0v) is 6.03. The number of nitrogens with zero attached hydrogens (tertiary/aromatic N) is 2. The maximum Gasteiger partial charge on any atom is 0.187 e. The van der Waals surface area contributed by atoms with Crippen LogP contribution in [0.2, 0.25) is 0 Å². The maximum atomic E-state index is 4.83. The number of hydrogen-bond acceptors (Lipinski definition) is 4. The van der Waals surface area contributed by atoms with E-state index in [2.05, 4.69) is 15.7 Å². The molecule has 2 rings (SSSR count). The standard InChI is InChI=1S/C7H7N3O/c1-8-5-2-3-7-6(4-5)9-10-11-7/h2-4,8H,1H3. The summed E-state index contributed by atoms with van der Waals surface area (Å²) in [6.07, 6.45) is 0. The molecule has 0 fully saturated rings. The maximum absolute atomic E-state index is 4.83. The molecule has 2 aromatic rings. The number of benzene rings is 1. The molecule has 0 bridgehead atoms. The van der Waals surface area contributed by atoms with E-state index >= 15 is 0 Å². The van der Waals surface area contributed by atoms with Gasteiger partial charge in [-0.15, -0.1) is 5.10 Å². The molecule has 1 N–H and O–H groups in total. The summed E-state index contributed by atoms with van der Waals surface area (Å²) >= 11 is 0. The topological polar surface area (TPSA) is 51.0 Å². The second kappa shape index (κ2) is 2.23. The minimum Gasteiger partial charge on any atom is -0.388 e. The van der Waals surface area contributed by atoms with Crippen LogP contribution in [0, 0.1) is 0 Å². The summed E-state index contributed by atoms with van der Waals surface area (Å²) in [6.45, 7) is 0. The first-order valence-electron chi connectivity index (χ1n) is 3.30. The summed E-state index contributed by atoms with van der Waals surface area (Å²) in [7, 11) is 1.86. The predicted molar refractivity (Wildman–Crippen MR) is 41.4 cm³/mol. The first-order valence-corrected chi connectivity index (χ1v) is 3.30. The van der Waals surface area contributed by atoms with Crippen molar-refractivity contribution in [2.45, 2.75) is 0 Å². The second-order valence-electron chi connectivity index (χ2n) is 2.21. The fraction of sp³-hybridized carbons (Fsp3) is 0.143. The van der Waals surface area contributed by atoms with Crippen LogP contribution >= 0.6 is 0 Å². The highest BCUT2D eigenvalue weighted by molar-refractivity contribution is 5.76. The van der Waals surface area contributed by atoms with E-state index in [-0.39, 0.29) is 0 Å².